The number of fused-ring (bicyclic) bond motifs is 3. The maximum absolute atomic E-state index is 5.01. The van der Waals surface area contributed by atoms with E-state index in [0.717, 1.165) is 28.1 Å². The van der Waals surface area contributed by atoms with Crippen LogP contribution in [0.5, 0.6) is 0 Å². The van der Waals surface area contributed by atoms with Crippen LogP contribution in [0, 0.1) is 0 Å². The highest BCUT2D eigenvalue weighted by Crippen LogP contribution is 2.46. The smallest absolute Gasteiger partial charge is 0.122 e. The Labute approximate surface area is 105 Å². The number of H-pyrrole nitrogens is 1. The van der Waals surface area contributed by atoms with Crippen molar-refractivity contribution in [1.29, 1.82) is 0 Å². The number of nitrogens with zero attached hydrogens (tertiary/aromatic N) is 2. The number of aromatic amines is 1. The SMILES string of the molecule is CON=C1c2ccccc2-c2n[nH]c(C3CC3)c21. The summed E-state index contributed by atoms with van der Waals surface area (Å²) in [4.78, 5) is 5.01. The van der Waals surface area contributed by atoms with Crippen molar-refractivity contribution in [2.75, 3.05) is 7.11 Å². The molecule has 1 heterocycles. The molecule has 0 unspecified atom stereocenters. The Morgan fingerprint density at radius 3 is 2.78 bits per heavy atom. The second kappa shape index (κ2) is 3.45. The molecule has 1 aromatic heterocycles. The number of rotatable bonds is 2. The average Bonchev–Trinajstić information content (AvgIpc) is 3.08. The zero-order valence-electron chi connectivity index (χ0n) is 10.1. The van der Waals surface area contributed by atoms with Crippen molar-refractivity contribution in [2.45, 2.75) is 18.8 Å². The van der Waals surface area contributed by atoms with Crippen LogP contribution in [0.25, 0.3) is 11.3 Å². The summed E-state index contributed by atoms with van der Waals surface area (Å²) in [6.07, 6.45) is 2.48. The van der Waals surface area contributed by atoms with E-state index in [9.17, 15) is 0 Å². The molecule has 4 heteroatoms. The van der Waals surface area contributed by atoms with E-state index < -0.39 is 0 Å². The van der Waals surface area contributed by atoms with Crippen molar-refractivity contribution in [3.8, 4) is 11.3 Å². The van der Waals surface area contributed by atoms with Crippen LogP contribution in [0.3, 0.4) is 0 Å². The molecule has 0 atom stereocenters. The summed E-state index contributed by atoms with van der Waals surface area (Å²) in [5.41, 5.74) is 6.55. The van der Waals surface area contributed by atoms with E-state index >= 15 is 0 Å². The highest BCUT2D eigenvalue weighted by atomic mass is 16.6. The van der Waals surface area contributed by atoms with Gasteiger partial charge in [0.2, 0.25) is 0 Å². The normalized spacial score (nSPS) is 18.8. The summed E-state index contributed by atoms with van der Waals surface area (Å²) < 4.78 is 0. The van der Waals surface area contributed by atoms with Crippen LogP contribution in [-0.4, -0.2) is 23.0 Å². The van der Waals surface area contributed by atoms with Crippen molar-refractivity contribution >= 4 is 5.71 Å². The average molecular weight is 239 g/mol. The Kier molecular flexibility index (Phi) is 1.89. The van der Waals surface area contributed by atoms with Gasteiger partial charge in [0.15, 0.2) is 0 Å². The first-order valence-electron chi connectivity index (χ1n) is 6.19. The van der Waals surface area contributed by atoms with Gasteiger partial charge >= 0.3 is 0 Å². The zero-order chi connectivity index (χ0) is 12.1. The van der Waals surface area contributed by atoms with E-state index in [1.165, 1.54) is 18.5 Å². The summed E-state index contributed by atoms with van der Waals surface area (Å²) in [5, 5.41) is 11.9. The summed E-state index contributed by atoms with van der Waals surface area (Å²) >= 11 is 0. The van der Waals surface area contributed by atoms with E-state index in [2.05, 4.69) is 27.5 Å². The molecule has 2 aromatic rings. The molecule has 1 saturated carbocycles. The number of hydrogen-bond donors (Lipinski definition) is 1. The molecule has 18 heavy (non-hydrogen) atoms. The first-order chi connectivity index (χ1) is 8.90. The molecule has 0 amide bonds. The first kappa shape index (κ1) is 9.88. The van der Waals surface area contributed by atoms with Gasteiger partial charge in [-0.1, -0.05) is 29.4 Å². The van der Waals surface area contributed by atoms with Gasteiger partial charge in [0, 0.05) is 22.7 Å². The Morgan fingerprint density at radius 2 is 2.06 bits per heavy atom. The summed E-state index contributed by atoms with van der Waals surface area (Å²) in [7, 11) is 1.59. The molecule has 4 rings (SSSR count). The number of oxime groups is 1. The fourth-order valence-corrected chi connectivity index (χ4v) is 2.67. The predicted molar refractivity (Wildman–Crippen MR) is 68.6 cm³/mol. The maximum atomic E-state index is 5.01. The topological polar surface area (TPSA) is 50.3 Å². The van der Waals surface area contributed by atoms with Crippen LogP contribution < -0.4 is 0 Å². The molecule has 1 fully saturated rings. The molecule has 2 aliphatic rings. The minimum Gasteiger partial charge on any atom is -0.399 e. The van der Waals surface area contributed by atoms with Crippen molar-refractivity contribution in [2.24, 2.45) is 5.16 Å². The summed E-state index contributed by atoms with van der Waals surface area (Å²) in [5.74, 6) is 0.623. The lowest BCUT2D eigenvalue weighted by Gasteiger charge is -2.02. The predicted octanol–water partition coefficient (Wildman–Crippen LogP) is 2.67. The lowest BCUT2D eigenvalue weighted by molar-refractivity contribution is 0.214. The third-order valence-corrected chi connectivity index (χ3v) is 3.64. The van der Waals surface area contributed by atoms with E-state index in [1.807, 2.05) is 12.1 Å². The Bertz CT molecular complexity index is 653. The van der Waals surface area contributed by atoms with E-state index in [0.29, 0.717) is 5.92 Å². The Hall–Kier alpha value is -2.10. The van der Waals surface area contributed by atoms with Crippen LogP contribution in [0.15, 0.2) is 29.4 Å². The molecule has 1 N–H and O–H groups in total. The molecule has 0 spiro atoms. The van der Waals surface area contributed by atoms with E-state index in [1.54, 1.807) is 7.11 Å². The van der Waals surface area contributed by atoms with Crippen LogP contribution in [-0.2, 0) is 4.84 Å². The molecule has 90 valence electrons. The largest absolute Gasteiger partial charge is 0.399 e. The lowest BCUT2D eigenvalue weighted by atomic mass is 10.1. The monoisotopic (exact) mass is 239 g/mol. The van der Waals surface area contributed by atoms with Gasteiger partial charge in [0.1, 0.15) is 18.5 Å². The third-order valence-electron chi connectivity index (χ3n) is 3.64. The minimum absolute atomic E-state index is 0.623. The zero-order valence-corrected chi connectivity index (χ0v) is 10.1. The van der Waals surface area contributed by atoms with Gasteiger partial charge in [-0.3, -0.25) is 5.10 Å². The molecular formula is C14H13N3O. The molecule has 0 bridgehead atoms. The number of hydrogen-bond acceptors (Lipinski definition) is 3. The Balaban J connectivity index is 2.00. The third kappa shape index (κ3) is 1.20. The van der Waals surface area contributed by atoms with Crippen molar-refractivity contribution in [3.05, 3.63) is 41.1 Å². The molecule has 1 aromatic carbocycles. The number of nitrogens with one attached hydrogen (secondary N) is 1. The van der Waals surface area contributed by atoms with Gasteiger partial charge < -0.3 is 4.84 Å². The van der Waals surface area contributed by atoms with Gasteiger partial charge in [-0.2, -0.15) is 5.10 Å². The minimum atomic E-state index is 0.623. The van der Waals surface area contributed by atoms with Crippen LogP contribution >= 0.6 is 0 Å². The quantitative estimate of drug-likeness (QED) is 0.699. The molecule has 2 aliphatic carbocycles. The maximum Gasteiger partial charge on any atom is 0.122 e. The lowest BCUT2D eigenvalue weighted by Crippen LogP contribution is -2.02. The van der Waals surface area contributed by atoms with Crippen LogP contribution in [0.2, 0.25) is 0 Å². The summed E-state index contributed by atoms with van der Waals surface area (Å²) in [6.45, 7) is 0. The van der Waals surface area contributed by atoms with Crippen LogP contribution in [0.1, 0.15) is 35.6 Å². The number of benzene rings is 1. The highest BCUT2D eigenvalue weighted by molar-refractivity contribution is 6.24. The van der Waals surface area contributed by atoms with Crippen molar-refractivity contribution in [1.82, 2.24) is 10.2 Å². The molecule has 4 nitrogen and oxygen atoms in total. The van der Waals surface area contributed by atoms with Gasteiger partial charge in [0.25, 0.3) is 0 Å². The van der Waals surface area contributed by atoms with Gasteiger partial charge in [-0.25, -0.2) is 0 Å². The van der Waals surface area contributed by atoms with E-state index in [4.69, 9.17) is 4.84 Å². The highest BCUT2D eigenvalue weighted by Gasteiger charge is 2.36. The van der Waals surface area contributed by atoms with Crippen molar-refractivity contribution in [3.63, 3.8) is 0 Å². The molecular weight excluding hydrogens is 226 g/mol. The van der Waals surface area contributed by atoms with Gasteiger partial charge in [-0.05, 0) is 12.8 Å². The first-order valence-corrected chi connectivity index (χ1v) is 6.19. The number of aromatic nitrogens is 2. The van der Waals surface area contributed by atoms with Crippen LogP contribution in [0.4, 0.5) is 0 Å². The van der Waals surface area contributed by atoms with Crippen molar-refractivity contribution < 1.29 is 4.84 Å². The molecule has 0 saturated heterocycles. The second-order valence-electron chi connectivity index (χ2n) is 4.80. The molecule has 0 radical (unpaired) electrons. The Morgan fingerprint density at radius 1 is 1.28 bits per heavy atom. The molecule has 0 aliphatic heterocycles. The fraction of sp³-hybridized carbons (Fsp3) is 0.286. The standard InChI is InChI=1S/C14H13N3O/c1-18-17-14-10-5-3-2-4-9(10)13-11(14)12(15-16-13)8-6-7-8/h2-5,8H,6-7H2,1H3,(H,15,16). The van der Waals surface area contributed by atoms with Gasteiger partial charge in [0.05, 0.1) is 5.56 Å². The second-order valence-corrected chi connectivity index (χ2v) is 4.80. The fourth-order valence-electron chi connectivity index (χ4n) is 2.67. The van der Waals surface area contributed by atoms with E-state index in [-0.39, 0.29) is 0 Å². The summed E-state index contributed by atoms with van der Waals surface area (Å²) in [6, 6.07) is 8.22. The van der Waals surface area contributed by atoms with Gasteiger partial charge in [-0.15, -0.1) is 0 Å².